The average molecular weight is 484 g/mol. The monoisotopic (exact) mass is 483 g/mol. The van der Waals surface area contributed by atoms with Crippen LogP contribution in [0.1, 0.15) is 26.3 Å². The zero-order valence-electron chi connectivity index (χ0n) is 20.9. The van der Waals surface area contributed by atoms with Crippen LogP contribution >= 0.6 is 0 Å². The first-order chi connectivity index (χ1) is 17.9. The van der Waals surface area contributed by atoms with E-state index in [9.17, 15) is 0 Å². The Morgan fingerprint density at radius 2 is 1.65 bits per heavy atom. The molecule has 3 aromatic heterocycles. The van der Waals surface area contributed by atoms with E-state index in [1.165, 1.54) is 5.56 Å². The zero-order chi connectivity index (χ0) is 25.6. The summed E-state index contributed by atoms with van der Waals surface area (Å²) in [6, 6.07) is 26.0. The van der Waals surface area contributed by atoms with Crippen LogP contribution in [0.3, 0.4) is 0 Å². The first-order valence-corrected chi connectivity index (χ1v) is 12.1. The molecule has 0 aliphatic carbocycles. The number of nitrogens with zero attached hydrogens (tertiary/aromatic N) is 5. The third kappa shape index (κ3) is 4.11. The van der Waals surface area contributed by atoms with E-state index in [0.29, 0.717) is 17.2 Å². The molecule has 0 fully saturated rings. The molecule has 0 aliphatic rings. The molecule has 0 saturated heterocycles. The van der Waals surface area contributed by atoms with Crippen molar-refractivity contribution in [2.75, 3.05) is 0 Å². The molecule has 3 aromatic carbocycles. The van der Waals surface area contributed by atoms with Gasteiger partial charge in [0.05, 0.1) is 23.3 Å². The first-order valence-electron chi connectivity index (χ1n) is 12.1. The molecular weight excluding hydrogens is 458 g/mol. The smallest absolute Gasteiger partial charge is 0.193 e. The van der Waals surface area contributed by atoms with Gasteiger partial charge in [-0.15, -0.1) is 0 Å². The summed E-state index contributed by atoms with van der Waals surface area (Å²) in [5.41, 5.74) is 4.58. The molecule has 6 heteroatoms. The van der Waals surface area contributed by atoms with Crippen LogP contribution in [0.2, 0.25) is 0 Å². The fraction of sp³-hybridized carbons (Fsp3) is 0.129. The summed E-state index contributed by atoms with van der Waals surface area (Å²) < 4.78 is 10.2. The van der Waals surface area contributed by atoms with Crippen LogP contribution in [0.25, 0.3) is 38.2 Å². The maximum Gasteiger partial charge on any atom is 0.193 e. The number of pyridine rings is 1. The number of aromatic nitrogens is 4. The molecule has 0 atom stereocenters. The van der Waals surface area contributed by atoms with Gasteiger partial charge in [-0.05, 0) is 59.5 Å². The van der Waals surface area contributed by atoms with Gasteiger partial charge in [-0.2, -0.15) is 5.10 Å². The van der Waals surface area contributed by atoms with E-state index in [1.54, 1.807) is 23.0 Å². The van der Waals surface area contributed by atoms with Gasteiger partial charge in [0.25, 0.3) is 0 Å². The standard InChI is InChI=1S/C31H25N5O/c1-31(2,3)21-12-14-33-30(16-21)36-28-9-6-5-8-26(28)27-11-10-24(20-29(27)36)37-25-18-22(32-4)17-23(19-25)35-15-7-13-34-35/h5-20H,1-3H3. The summed E-state index contributed by atoms with van der Waals surface area (Å²) in [5.74, 6) is 2.12. The molecule has 0 saturated carbocycles. The number of para-hydroxylation sites is 1. The molecule has 6 nitrogen and oxygen atoms in total. The van der Waals surface area contributed by atoms with E-state index in [1.807, 2.05) is 36.7 Å². The Morgan fingerprint density at radius 1 is 0.811 bits per heavy atom. The van der Waals surface area contributed by atoms with Gasteiger partial charge in [0, 0.05) is 41.5 Å². The van der Waals surface area contributed by atoms with Gasteiger partial charge in [0.15, 0.2) is 5.69 Å². The summed E-state index contributed by atoms with van der Waals surface area (Å²) in [6.07, 6.45) is 5.43. The number of fused-ring (bicyclic) bond motifs is 3. The van der Waals surface area contributed by atoms with Gasteiger partial charge in [-0.3, -0.25) is 4.57 Å². The number of hydrogen-bond acceptors (Lipinski definition) is 3. The second kappa shape index (κ2) is 8.65. The highest BCUT2D eigenvalue weighted by Gasteiger charge is 2.18. The van der Waals surface area contributed by atoms with E-state index in [0.717, 1.165) is 33.3 Å². The van der Waals surface area contributed by atoms with E-state index < -0.39 is 0 Å². The van der Waals surface area contributed by atoms with Gasteiger partial charge in [-0.25, -0.2) is 14.5 Å². The van der Waals surface area contributed by atoms with Crippen molar-refractivity contribution in [1.82, 2.24) is 19.3 Å². The Hall–Kier alpha value is -4.89. The van der Waals surface area contributed by atoms with Crippen LogP contribution in [-0.2, 0) is 5.41 Å². The molecule has 0 bridgehead atoms. The summed E-state index contributed by atoms with van der Waals surface area (Å²) in [6.45, 7) is 14.1. The second-order valence-electron chi connectivity index (χ2n) is 10.0. The number of rotatable bonds is 4. The minimum atomic E-state index is 0.00488. The maximum atomic E-state index is 7.53. The van der Waals surface area contributed by atoms with Crippen molar-refractivity contribution in [1.29, 1.82) is 0 Å². The summed E-state index contributed by atoms with van der Waals surface area (Å²) in [7, 11) is 0. The lowest BCUT2D eigenvalue weighted by molar-refractivity contribution is 0.483. The quantitative estimate of drug-likeness (QED) is 0.239. The van der Waals surface area contributed by atoms with E-state index in [-0.39, 0.29) is 5.41 Å². The number of hydrogen-bond donors (Lipinski definition) is 0. The molecule has 0 unspecified atom stereocenters. The molecule has 0 amide bonds. The van der Waals surface area contributed by atoms with Crippen LogP contribution in [0, 0.1) is 6.57 Å². The predicted octanol–water partition coefficient (Wildman–Crippen LogP) is 8.00. The van der Waals surface area contributed by atoms with Crippen LogP contribution in [0.4, 0.5) is 5.69 Å². The van der Waals surface area contributed by atoms with Crippen molar-refractivity contribution in [2.24, 2.45) is 0 Å². The zero-order valence-corrected chi connectivity index (χ0v) is 20.9. The highest BCUT2D eigenvalue weighted by molar-refractivity contribution is 6.09. The van der Waals surface area contributed by atoms with Gasteiger partial charge in [-0.1, -0.05) is 39.0 Å². The minimum Gasteiger partial charge on any atom is -0.459 e. The molecule has 3 heterocycles. The van der Waals surface area contributed by atoms with Crippen molar-refractivity contribution >= 4 is 27.5 Å². The van der Waals surface area contributed by atoms with Crippen LogP contribution in [-0.4, -0.2) is 19.3 Å². The Bertz CT molecular complexity index is 1800. The van der Waals surface area contributed by atoms with Crippen molar-refractivity contribution in [3.05, 3.63) is 114 Å². The summed E-state index contributed by atoms with van der Waals surface area (Å²) in [5, 5.41) is 6.57. The van der Waals surface area contributed by atoms with Gasteiger partial charge >= 0.3 is 0 Å². The fourth-order valence-corrected chi connectivity index (χ4v) is 4.65. The van der Waals surface area contributed by atoms with Gasteiger partial charge < -0.3 is 4.74 Å². The molecule has 0 aliphatic heterocycles. The Morgan fingerprint density at radius 3 is 2.43 bits per heavy atom. The van der Waals surface area contributed by atoms with Crippen molar-refractivity contribution in [3.63, 3.8) is 0 Å². The first kappa shape index (κ1) is 22.6. The minimum absolute atomic E-state index is 0.00488. The molecule has 0 spiro atoms. The van der Waals surface area contributed by atoms with E-state index >= 15 is 0 Å². The van der Waals surface area contributed by atoms with Crippen molar-refractivity contribution in [2.45, 2.75) is 26.2 Å². The number of benzene rings is 3. The Labute approximate surface area is 215 Å². The van der Waals surface area contributed by atoms with E-state index in [2.05, 4.69) is 77.7 Å². The second-order valence-corrected chi connectivity index (χ2v) is 10.0. The molecule has 6 rings (SSSR count). The van der Waals surface area contributed by atoms with E-state index in [4.69, 9.17) is 16.3 Å². The third-order valence-electron chi connectivity index (χ3n) is 6.50. The maximum absolute atomic E-state index is 7.53. The lowest BCUT2D eigenvalue weighted by Crippen LogP contribution is -2.12. The highest BCUT2D eigenvalue weighted by atomic mass is 16.5. The van der Waals surface area contributed by atoms with Crippen LogP contribution in [0.15, 0.2) is 97.5 Å². The van der Waals surface area contributed by atoms with Crippen molar-refractivity contribution in [3.8, 4) is 23.0 Å². The largest absolute Gasteiger partial charge is 0.459 e. The molecule has 0 radical (unpaired) electrons. The SMILES string of the molecule is [C-]#[N+]c1cc(Oc2ccc3c4ccccc4n(-c4cc(C(C)(C)C)ccn4)c3c2)cc(-n2cccn2)c1. The average Bonchev–Trinajstić information content (AvgIpc) is 3.55. The lowest BCUT2D eigenvalue weighted by Gasteiger charge is -2.20. The summed E-state index contributed by atoms with van der Waals surface area (Å²) in [4.78, 5) is 8.37. The lowest BCUT2D eigenvalue weighted by atomic mass is 9.88. The van der Waals surface area contributed by atoms with Gasteiger partial charge in [0.2, 0.25) is 0 Å². The highest BCUT2D eigenvalue weighted by Crippen LogP contribution is 2.36. The fourth-order valence-electron chi connectivity index (χ4n) is 4.65. The molecule has 6 aromatic rings. The van der Waals surface area contributed by atoms with Crippen molar-refractivity contribution < 1.29 is 4.74 Å². The number of ether oxygens (including phenoxy) is 1. The summed E-state index contributed by atoms with van der Waals surface area (Å²) >= 11 is 0. The van der Waals surface area contributed by atoms with Crippen LogP contribution in [0.5, 0.6) is 11.5 Å². The molecule has 0 N–H and O–H groups in total. The topological polar surface area (TPSA) is 49.2 Å². The molecular formula is C31H25N5O. The molecule has 37 heavy (non-hydrogen) atoms. The Kier molecular flexibility index (Phi) is 5.27. The van der Waals surface area contributed by atoms with Crippen LogP contribution < -0.4 is 4.74 Å². The molecule has 180 valence electrons. The Balaban J connectivity index is 1.50. The third-order valence-corrected chi connectivity index (χ3v) is 6.50. The predicted molar refractivity (Wildman–Crippen MR) is 147 cm³/mol. The normalized spacial score (nSPS) is 11.6. The van der Waals surface area contributed by atoms with Gasteiger partial charge in [0.1, 0.15) is 17.3 Å².